The zero-order valence-electron chi connectivity index (χ0n) is 13.9. The summed E-state index contributed by atoms with van der Waals surface area (Å²) in [5.74, 6) is -0.229. The van der Waals surface area contributed by atoms with E-state index in [9.17, 15) is 9.59 Å². The van der Waals surface area contributed by atoms with Crippen LogP contribution in [0.1, 0.15) is 18.2 Å². The minimum Gasteiger partial charge on any atom is -0.379 e. The van der Waals surface area contributed by atoms with Crippen LogP contribution in [0.3, 0.4) is 0 Å². The number of rotatable bonds is 9. The molecule has 0 saturated carbocycles. The molecule has 0 aliphatic heterocycles. The molecule has 0 saturated heterocycles. The summed E-state index contributed by atoms with van der Waals surface area (Å²) in [6, 6.07) is 7.47. The molecule has 2 rings (SSSR count). The zero-order valence-corrected chi connectivity index (χ0v) is 14.7. The van der Waals surface area contributed by atoms with Gasteiger partial charge in [0.25, 0.3) is 0 Å². The number of nitrogens with zero attached hydrogens (tertiary/aromatic N) is 1. The second-order valence-corrected chi connectivity index (χ2v) is 6.05. The minimum absolute atomic E-state index is 0.0171. The SMILES string of the molecule is CCOCCOCc1cccc(NC(=O)Cn2c(C)csc2=O)c1. The van der Waals surface area contributed by atoms with E-state index in [0.29, 0.717) is 32.1 Å². The number of anilines is 1. The fourth-order valence-corrected chi connectivity index (χ4v) is 2.87. The van der Waals surface area contributed by atoms with Crippen molar-refractivity contribution >= 4 is 22.9 Å². The van der Waals surface area contributed by atoms with E-state index in [1.807, 2.05) is 38.1 Å². The Morgan fingerprint density at radius 1 is 1.29 bits per heavy atom. The summed E-state index contributed by atoms with van der Waals surface area (Å²) < 4.78 is 12.2. The van der Waals surface area contributed by atoms with Gasteiger partial charge in [0.05, 0.1) is 19.8 Å². The van der Waals surface area contributed by atoms with Crippen molar-refractivity contribution < 1.29 is 14.3 Å². The molecule has 0 fully saturated rings. The molecular formula is C17H22N2O4S. The first-order valence-corrected chi connectivity index (χ1v) is 8.67. The molecule has 0 unspecified atom stereocenters. The van der Waals surface area contributed by atoms with Crippen LogP contribution in [0.5, 0.6) is 0 Å². The van der Waals surface area contributed by atoms with Crippen LogP contribution in [0.4, 0.5) is 5.69 Å². The van der Waals surface area contributed by atoms with Crippen molar-refractivity contribution in [3.8, 4) is 0 Å². The van der Waals surface area contributed by atoms with Gasteiger partial charge in [-0.15, -0.1) is 0 Å². The van der Waals surface area contributed by atoms with Crippen LogP contribution < -0.4 is 10.2 Å². The zero-order chi connectivity index (χ0) is 17.4. The molecule has 7 heteroatoms. The maximum absolute atomic E-state index is 12.1. The van der Waals surface area contributed by atoms with Crippen LogP contribution in [0.2, 0.25) is 0 Å². The third-order valence-electron chi connectivity index (χ3n) is 3.33. The van der Waals surface area contributed by atoms with E-state index in [4.69, 9.17) is 9.47 Å². The van der Waals surface area contributed by atoms with Crippen LogP contribution in [0, 0.1) is 6.92 Å². The predicted molar refractivity (Wildman–Crippen MR) is 94.5 cm³/mol. The lowest BCUT2D eigenvalue weighted by Crippen LogP contribution is -2.25. The quantitative estimate of drug-likeness (QED) is 0.705. The van der Waals surface area contributed by atoms with Crippen LogP contribution in [-0.4, -0.2) is 30.3 Å². The average molecular weight is 350 g/mol. The van der Waals surface area contributed by atoms with Crippen LogP contribution in [0.15, 0.2) is 34.4 Å². The van der Waals surface area contributed by atoms with Crippen molar-refractivity contribution in [1.29, 1.82) is 0 Å². The number of carbonyl (C=O) groups excluding carboxylic acids is 1. The van der Waals surface area contributed by atoms with Gasteiger partial charge in [-0.25, -0.2) is 0 Å². The lowest BCUT2D eigenvalue weighted by molar-refractivity contribution is -0.116. The second-order valence-electron chi connectivity index (χ2n) is 5.23. The third kappa shape index (κ3) is 5.59. The third-order valence-corrected chi connectivity index (χ3v) is 4.21. The van der Waals surface area contributed by atoms with Crippen LogP contribution in [0.25, 0.3) is 0 Å². The molecule has 0 atom stereocenters. The molecule has 0 spiro atoms. The van der Waals surface area contributed by atoms with Crippen LogP contribution >= 0.6 is 11.3 Å². The first-order chi connectivity index (χ1) is 11.6. The Hall–Kier alpha value is -1.96. The average Bonchev–Trinajstić information content (AvgIpc) is 2.87. The number of ether oxygens (including phenoxy) is 2. The molecule has 2 aromatic rings. The van der Waals surface area contributed by atoms with Gasteiger partial charge in [0.2, 0.25) is 5.91 Å². The van der Waals surface area contributed by atoms with E-state index in [2.05, 4.69) is 5.32 Å². The van der Waals surface area contributed by atoms with Gasteiger partial charge in [-0.2, -0.15) is 0 Å². The molecular weight excluding hydrogens is 328 g/mol. The van der Waals surface area contributed by atoms with E-state index in [-0.39, 0.29) is 17.3 Å². The lowest BCUT2D eigenvalue weighted by atomic mass is 10.2. The molecule has 1 amide bonds. The summed E-state index contributed by atoms with van der Waals surface area (Å²) in [6.45, 7) is 6.01. The summed E-state index contributed by atoms with van der Waals surface area (Å²) in [5, 5.41) is 4.56. The molecule has 1 N–H and O–H groups in total. The van der Waals surface area contributed by atoms with Crippen molar-refractivity contribution in [2.75, 3.05) is 25.1 Å². The number of benzene rings is 1. The Morgan fingerprint density at radius 3 is 2.79 bits per heavy atom. The minimum atomic E-state index is -0.229. The number of hydrogen-bond acceptors (Lipinski definition) is 5. The van der Waals surface area contributed by atoms with Crippen molar-refractivity contribution in [2.45, 2.75) is 27.0 Å². The number of carbonyl (C=O) groups is 1. The lowest BCUT2D eigenvalue weighted by Gasteiger charge is -2.09. The summed E-state index contributed by atoms with van der Waals surface area (Å²) in [6.07, 6.45) is 0. The summed E-state index contributed by atoms with van der Waals surface area (Å²) in [7, 11) is 0. The maximum atomic E-state index is 12.1. The van der Waals surface area contributed by atoms with Gasteiger partial charge in [-0.05, 0) is 31.5 Å². The van der Waals surface area contributed by atoms with E-state index in [1.54, 1.807) is 5.38 Å². The highest BCUT2D eigenvalue weighted by molar-refractivity contribution is 7.07. The van der Waals surface area contributed by atoms with Crippen molar-refractivity contribution in [3.63, 3.8) is 0 Å². The van der Waals surface area contributed by atoms with E-state index in [1.165, 1.54) is 4.57 Å². The number of nitrogens with one attached hydrogen (secondary N) is 1. The fraction of sp³-hybridized carbons (Fsp3) is 0.412. The standard InChI is InChI=1S/C17H22N2O4S/c1-3-22-7-8-23-11-14-5-4-6-15(9-14)18-16(20)10-19-13(2)12-24-17(19)21/h4-6,9,12H,3,7-8,10-11H2,1-2H3,(H,18,20). The number of aryl methyl sites for hydroxylation is 1. The highest BCUT2D eigenvalue weighted by Gasteiger charge is 2.09. The second kappa shape index (κ2) is 9.36. The molecule has 1 aromatic heterocycles. The van der Waals surface area contributed by atoms with E-state index in [0.717, 1.165) is 22.6 Å². The van der Waals surface area contributed by atoms with Crippen molar-refractivity contribution in [2.24, 2.45) is 0 Å². The molecule has 24 heavy (non-hydrogen) atoms. The summed E-state index contributed by atoms with van der Waals surface area (Å²) >= 11 is 1.10. The topological polar surface area (TPSA) is 69.6 Å². The van der Waals surface area contributed by atoms with Gasteiger partial charge in [0.15, 0.2) is 0 Å². The molecule has 1 aromatic carbocycles. The molecule has 130 valence electrons. The van der Waals surface area contributed by atoms with Crippen molar-refractivity contribution in [3.05, 3.63) is 50.6 Å². The Balaban J connectivity index is 1.87. The highest BCUT2D eigenvalue weighted by Crippen LogP contribution is 2.12. The largest absolute Gasteiger partial charge is 0.379 e. The molecule has 0 bridgehead atoms. The van der Waals surface area contributed by atoms with Gasteiger partial charge >= 0.3 is 4.87 Å². The summed E-state index contributed by atoms with van der Waals surface area (Å²) in [4.78, 5) is 23.6. The Morgan fingerprint density at radius 2 is 2.08 bits per heavy atom. The van der Waals surface area contributed by atoms with Gasteiger partial charge in [0, 0.05) is 23.4 Å². The molecule has 1 heterocycles. The molecule has 6 nitrogen and oxygen atoms in total. The first kappa shape index (κ1) is 18.4. The van der Waals surface area contributed by atoms with E-state index < -0.39 is 0 Å². The van der Waals surface area contributed by atoms with E-state index >= 15 is 0 Å². The Bertz CT molecular complexity index is 723. The van der Waals surface area contributed by atoms with Crippen LogP contribution in [-0.2, 0) is 27.4 Å². The highest BCUT2D eigenvalue weighted by atomic mass is 32.1. The Labute approximate surface area is 145 Å². The molecule has 0 aliphatic rings. The van der Waals surface area contributed by atoms with Gasteiger partial charge in [0.1, 0.15) is 6.54 Å². The fourth-order valence-electron chi connectivity index (χ4n) is 2.13. The predicted octanol–water partition coefficient (Wildman–Crippen LogP) is 2.41. The van der Waals surface area contributed by atoms with Gasteiger partial charge in [-0.1, -0.05) is 23.5 Å². The summed E-state index contributed by atoms with van der Waals surface area (Å²) in [5.41, 5.74) is 2.44. The van der Waals surface area contributed by atoms with Crippen molar-refractivity contribution in [1.82, 2.24) is 4.57 Å². The normalized spacial score (nSPS) is 10.8. The number of amides is 1. The maximum Gasteiger partial charge on any atom is 0.307 e. The van der Waals surface area contributed by atoms with Gasteiger partial charge in [-0.3, -0.25) is 14.2 Å². The molecule has 0 aliphatic carbocycles. The monoisotopic (exact) mass is 350 g/mol. The first-order valence-electron chi connectivity index (χ1n) is 7.79. The molecule has 0 radical (unpaired) electrons. The van der Waals surface area contributed by atoms with Gasteiger partial charge < -0.3 is 14.8 Å². The smallest absolute Gasteiger partial charge is 0.307 e. The number of aromatic nitrogens is 1. The Kier molecular flexibility index (Phi) is 7.17. The number of hydrogen-bond donors (Lipinski definition) is 1. The number of thiazole rings is 1.